The van der Waals surface area contributed by atoms with Crippen LogP contribution in [0.15, 0.2) is 60.1 Å². The number of nitrogens with zero attached hydrogens (tertiary/aromatic N) is 7. The molecule has 0 unspecified atom stereocenters. The van der Waals surface area contributed by atoms with Gasteiger partial charge in [0.05, 0.1) is 40.8 Å². The van der Waals surface area contributed by atoms with Gasteiger partial charge in [0.15, 0.2) is 17.3 Å². The number of rotatable bonds is 12. The maximum Gasteiger partial charge on any atom is 0.395 e. The first-order chi connectivity index (χ1) is 25.8. The third-order valence-corrected chi connectivity index (χ3v) is 10.8. The highest BCUT2D eigenvalue weighted by atomic mass is 35.5. The molecule has 2 saturated carbocycles. The standard InChI is InChI=1S/C37H37Cl2F5N8O3/c1-34(2,3)18-36(22-5-8-24(26(39)13-22)21-15-47-50(16-21)23-6-7-23)32(54)51(33(45)49-36)28(17-55-29(53)14-35(10-11-35)37(42,43)44)20-4-9-25(38)27(12-20)52-31(30(40)41)46-19-48-52/h4-5,8-9,12-13,15-16,19,23,28,30H,6-7,10-11,14,17-18H2,1-3H3,(H2,45,49)/t28-,36-/m1/s1. The molecule has 1 aliphatic heterocycles. The Balaban J connectivity index is 1.28. The van der Waals surface area contributed by atoms with E-state index >= 15 is 4.79 Å². The molecule has 0 radical (unpaired) electrons. The van der Waals surface area contributed by atoms with Crippen LogP contribution in [0.1, 0.15) is 94.8 Å². The molecule has 11 nitrogen and oxygen atoms in total. The Morgan fingerprint density at radius 3 is 2.40 bits per heavy atom. The number of guanidine groups is 1. The summed E-state index contributed by atoms with van der Waals surface area (Å²) in [6, 6.07) is 8.37. The van der Waals surface area contributed by atoms with Gasteiger partial charge in [-0.1, -0.05) is 62.2 Å². The Morgan fingerprint density at radius 1 is 1.05 bits per heavy atom. The minimum absolute atomic E-state index is 0.0124. The number of aliphatic imine (C=N–C) groups is 1. The summed E-state index contributed by atoms with van der Waals surface area (Å²) in [4.78, 5) is 37.6. The zero-order chi connectivity index (χ0) is 39.7. The first-order valence-electron chi connectivity index (χ1n) is 17.6. The second-order valence-corrected chi connectivity index (χ2v) is 16.4. The van der Waals surface area contributed by atoms with E-state index < -0.39 is 65.7 Å². The number of alkyl halides is 5. The predicted octanol–water partition coefficient (Wildman–Crippen LogP) is 8.52. The average molecular weight is 808 g/mol. The van der Waals surface area contributed by atoms with Gasteiger partial charge in [-0.15, -0.1) is 0 Å². The topological polar surface area (TPSA) is 134 Å². The fourth-order valence-electron chi connectivity index (χ4n) is 7.11. The number of ether oxygens (including phenoxy) is 1. The van der Waals surface area contributed by atoms with Gasteiger partial charge >= 0.3 is 12.1 Å². The number of carbonyl (C=O) groups excluding carboxylic acids is 2. The van der Waals surface area contributed by atoms with Crippen molar-refractivity contribution in [1.29, 1.82) is 0 Å². The van der Waals surface area contributed by atoms with Crippen LogP contribution in [0.4, 0.5) is 22.0 Å². The second kappa shape index (κ2) is 13.9. The van der Waals surface area contributed by atoms with E-state index in [4.69, 9.17) is 38.7 Å². The SMILES string of the molecule is CC(C)(C)C[C@]1(c2ccc(-c3cnn(C4CC4)c3)c(Cl)c2)N=C(N)N([C@H](COC(=O)CC2(C(F)(F)F)CC2)c2ccc(Cl)c(-n3ncnc3C(F)F)c2)C1=O. The molecule has 55 heavy (non-hydrogen) atoms. The van der Waals surface area contributed by atoms with Crippen molar-refractivity contribution in [3.05, 3.63) is 82.1 Å². The Bertz CT molecular complexity index is 2170. The van der Waals surface area contributed by atoms with Gasteiger partial charge in [-0.2, -0.15) is 23.4 Å². The summed E-state index contributed by atoms with van der Waals surface area (Å²) in [6.45, 7) is 5.08. The number of nitrogens with two attached hydrogens (primary N) is 1. The van der Waals surface area contributed by atoms with Crippen LogP contribution in [-0.4, -0.2) is 60.1 Å². The third-order valence-electron chi connectivity index (χ3n) is 10.2. The van der Waals surface area contributed by atoms with Crippen LogP contribution < -0.4 is 5.73 Å². The van der Waals surface area contributed by atoms with Gasteiger partial charge in [0.25, 0.3) is 12.3 Å². The summed E-state index contributed by atoms with van der Waals surface area (Å²) < 4.78 is 77.2. The van der Waals surface area contributed by atoms with Crippen molar-refractivity contribution in [3.63, 3.8) is 0 Å². The highest BCUT2D eigenvalue weighted by Gasteiger charge is 2.64. The number of halogens is 7. The fourth-order valence-corrected chi connectivity index (χ4v) is 7.60. The first kappa shape index (κ1) is 38.7. The lowest BCUT2D eigenvalue weighted by atomic mass is 9.75. The molecule has 292 valence electrons. The monoisotopic (exact) mass is 806 g/mol. The van der Waals surface area contributed by atoms with Gasteiger partial charge in [0.1, 0.15) is 12.9 Å². The zero-order valence-electron chi connectivity index (χ0n) is 30.0. The average Bonchev–Trinajstić information content (AvgIpc) is 3.97. The lowest BCUT2D eigenvalue weighted by Gasteiger charge is -2.35. The Kier molecular flexibility index (Phi) is 9.76. The van der Waals surface area contributed by atoms with E-state index in [2.05, 4.69) is 15.2 Å². The van der Waals surface area contributed by atoms with Crippen molar-refractivity contribution in [3.8, 4) is 16.8 Å². The third kappa shape index (κ3) is 7.42. The minimum Gasteiger partial charge on any atom is -0.463 e. The van der Waals surface area contributed by atoms with Crippen molar-refractivity contribution in [2.75, 3.05) is 6.61 Å². The summed E-state index contributed by atoms with van der Waals surface area (Å²) in [5.41, 5.74) is 4.26. The number of amides is 1. The smallest absolute Gasteiger partial charge is 0.395 e. The molecule has 2 aromatic heterocycles. The van der Waals surface area contributed by atoms with Gasteiger partial charge in [-0.3, -0.25) is 19.2 Å². The van der Waals surface area contributed by atoms with Crippen LogP contribution in [0.2, 0.25) is 10.0 Å². The molecule has 2 aliphatic carbocycles. The number of aromatic nitrogens is 5. The molecular weight excluding hydrogens is 770 g/mol. The highest BCUT2D eigenvalue weighted by molar-refractivity contribution is 6.33. The quantitative estimate of drug-likeness (QED) is 0.112. The Morgan fingerprint density at radius 2 is 1.78 bits per heavy atom. The fraction of sp³-hybridized carbons (Fsp3) is 0.459. The van der Waals surface area contributed by atoms with E-state index in [1.54, 1.807) is 24.4 Å². The normalized spacial score (nSPS) is 20.2. The molecule has 2 N–H and O–H groups in total. The molecule has 0 saturated heterocycles. The minimum atomic E-state index is -4.61. The van der Waals surface area contributed by atoms with Crippen molar-refractivity contribution in [1.82, 2.24) is 29.4 Å². The molecule has 1 amide bonds. The van der Waals surface area contributed by atoms with Gasteiger partial charge in [-0.05, 0) is 66.8 Å². The van der Waals surface area contributed by atoms with Crippen LogP contribution in [0.3, 0.4) is 0 Å². The summed E-state index contributed by atoms with van der Waals surface area (Å²) in [7, 11) is 0. The Hall–Kier alpha value is -4.57. The van der Waals surface area contributed by atoms with E-state index in [1.807, 2.05) is 31.6 Å². The first-order valence-corrected chi connectivity index (χ1v) is 18.3. The van der Waals surface area contributed by atoms with Crippen molar-refractivity contribution < 1.29 is 36.3 Å². The van der Waals surface area contributed by atoms with Crippen LogP contribution in [0, 0.1) is 10.8 Å². The molecule has 2 atom stereocenters. The molecule has 0 bridgehead atoms. The summed E-state index contributed by atoms with van der Waals surface area (Å²) in [5, 5.41) is 8.67. The van der Waals surface area contributed by atoms with Gasteiger partial charge in [-0.25, -0.2) is 23.4 Å². The number of esters is 1. The second-order valence-electron chi connectivity index (χ2n) is 15.6. The molecule has 3 aliphatic rings. The molecule has 0 spiro atoms. The number of hydrogen-bond acceptors (Lipinski definition) is 8. The van der Waals surface area contributed by atoms with Crippen molar-refractivity contribution in [2.24, 2.45) is 21.6 Å². The molecule has 3 heterocycles. The maximum absolute atomic E-state index is 15.1. The maximum atomic E-state index is 15.1. The van der Waals surface area contributed by atoms with Crippen LogP contribution >= 0.6 is 23.2 Å². The van der Waals surface area contributed by atoms with Gasteiger partial charge in [0.2, 0.25) is 0 Å². The lowest BCUT2D eigenvalue weighted by Crippen LogP contribution is -2.47. The lowest BCUT2D eigenvalue weighted by molar-refractivity contribution is -0.195. The number of carbonyl (C=O) groups is 2. The highest BCUT2D eigenvalue weighted by Crippen LogP contribution is 2.60. The van der Waals surface area contributed by atoms with E-state index in [9.17, 15) is 26.7 Å². The van der Waals surface area contributed by atoms with Crippen molar-refractivity contribution in [2.45, 2.75) is 89.5 Å². The van der Waals surface area contributed by atoms with E-state index in [0.717, 1.165) is 34.3 Å². The Labute approximate surface area is 322 Å². The molecular formula is C37H37Cl2F5N8O3. The number of benzene rings is 2. The summed E-state index contributed by atoms with van der Waals surface area (Å²) >= 11 is 13.3. The van der Waals surface area contributed by atoms with Crippen LogP contribution in [0.5, 0.6) is 0 Å². The molecule has 2 fully saturated rings. The molecule has 7 rings (SSSR count). The summed E-state index contributed by atoms with van der Waals surface area (Å²) in [6.07, 6.45) is -2.22. The van der Waals surface area contributed by atoms with E-state index in [1.165, 1.54) is 18.2 Å². The van der Waals surface area contributed by atoms with Crippen LogP contribution in [-0.2, 0) is 19.9 Å². The molecule has 18 heteroatoms. The molecule has 4 aromatic rings. The van der Waals surface area contributed by atoms with E-state index in [-0.39, 0.29) is 41.5 Å². The largest absolute Gasteiger partial charge is 0.463 e. The van der Waals surface area contributed by atoms with E-state index in [0.29, 0.717) is 22.2 Å². The zero-order valence-corrected chi connectivity index (χ0v) is 31.5. The number of hydrogen-bond donors (Lipinski definition) is 1. The molecule has 2 aromatic carbocycles. The van der Waals surface area contributed by atoms with Gasteiger partial charge in [0, 0.05) is 22.3 Å². The van der Waals surface area contributed by atoms with Crippen LogP contribution in [0.25, 0.3) is 16.8 Å². The predicted molar refractivity (Wildman–Crippen MR) is 193 cm³/mol. The summed E-state index contributed by atoms with van der Waals surface area (Å²) in [5.74, 6) is -2.76. The van der Waals surface area contributed by atoms with Crippen molar-refractivity contribution >= 4 is 41.0 Å². The van der Waals surface area contributed by atoms with Gasteiger partial charge < -0.3 is 10.5 Å².